The van der Waals surface area contributed by atoms with Gasteiger partial charge in [0.05, 0.1) is 11.5 Å². The Kier molecular flexibility index (Phi) is 6.59. The van der Waals surface area contributed by atoms with Crippen molar-refractivity contribution in [2.24, 2.45) is 45.8 Å². The molecule has 1 aliphatic heterocycles. The van der Waals surface area contributed by atoms with Gasteiger partial charge in [0.1, 0.15) is 6.17 Å². The Hall–Kier alpha value is -1.86. The number of likely N-dealkylation sites (tertiary alicyclic amines) is 1. The molecule has 4 fully saturated rings. The molecule has 5 rings (SSSR count). The molecule has 1 heterocycles. The van der Waals surface area contributed by atoms with Crippen molar-refractivity contribution in [2.45, 2.75) is 72.6 Å². The molecule has 9 unspecified atom stereocenters. The third-order valence-corrected chi connectivity index (χ3v) is 11.0. The number of carbonyl (C=O) groups is 3. The number of alkyl halides is 1. The van der Waals surface area contributed by atoms with E-state index in [1.54, 1.807) is 0 Å². The predicted octanol–water partition coefficient (Wildman–Crippen LogP) is 3.92. The Morgan fingerprint density at radius 3 is 2.68 bits per heavy atom. The van der Waals surface area contributed by atoms with E-state index in [0.717, 1.165) is 25.9 Å². The lowest BCUT2D eigenvalue weighted by atomic mass is 9.44. The molecule has 1 saturated heterocycles. The first-order chi connectivity index (χ1) is 17.3. The molecule has 0 spiro atoms. The molecule has 0 radical (unpaired) electrons. The minimum absolute atomic E-state index is 0.0574. The van der Waals surface area contributed by atoms with Crippen LogP contribution in [-0.2, 0) is 19.1 Å². The molecule has 0 amide bonds. The minimum atomic E-state index is -1.25. The van der Waals surface area contributed by atoms with Gasteiger partial charge in [-0.1, -0.05) is 33.8 Å². The van der Waals surface area contributed by atoms with Crippen molar-refractivity contribution in [3.05, 3.63) is 23.8 Å². The molecule has 9 atom stereocenters. The van der Waals surface area contributed by atoms with E-state index in [2.05, 4.69) is 25.7 Å². The monoisotopic (exact) mass is 515 g/mol. The number of esters is 1. The van der Waals surface area contributed by atoms with E-state index in [9.17, 15) is 19.5 Å². The number of ether oxygens (including phenoxy) is 1. The largest absolute Gasteiger partial charge is 0.458 e. The topological polar surface area (TPSA) is 83.9 Å². The van der Waals surface area contributed by atoms with Gasteiger partial charge in [0.2, 0.25) is 0 Å². The van der Waals surface area contributed by atoms with E-state index >= 15 is 4.39 Å². The van der Waals surface area contributed by atoms with Gasteiger partial charge in [0, 0.05) is 31.3 Å². The smallest absolute Gasteiger partial charge is 0.303 e. The highest BCUT2D eigenvalue weighted by Crippen LogP contribution is 2.72. The lowest BCUT2D eigenvalue weighted by Crippen LogP contribution is -2.61. The number of hydrogen-bond donors (Lipinski definition) is 1. The van der Waals surface area contributed by atoms with E-state index in [1.807, 2.05) is 13.0 Å². The van der Waals surface area contributed by atoms with Crippen molar-refractivity contribution >= 4 is 17.5 Å². The Morgan fingerprint density at radius 2 is 2.00 bits per heavy atom. The normalized spacial score (nSPS) is 44.6. The summed E-state index contributed by atoms with van der Waals surface area (Å²) in [7, 11) is 0. The molecule has 0 aromatic rings. The summed E-state index contributed by atoms with van der Waals surface area (Å²) in [5.74, 6) is -0.333. The van der Waals surface area contributed by atoms with Crippen LogP contribution in [-0.4, -0.2) is 66.1 Å². The Labute approximate surface area is 219 Å². The lowest BCUT2D eigenvalue weighted by Gasteiger charge is -2.61. The molecule has 4 aliphatic carbocycles. The maximum absolute atomic E-state index is 15.7. The zero-order valence-corrected chi connectivity index (χ0v) is 22.8. The van der Waals surface area contributed by atoms with Gasteiger partial charge in [-0.25, -0.2) is 4.39 Å². The number of ketones is 2. The van der Waals surface area contributed by atoms with Crippen LogP contribution in [0.3, 0.4) is 0 Å². The lowest BCUT2D eigenvalue weighted by molar-refractivity contribution is -0.166. The summed E-state index contributed by atoms with van der Waals surface area (Å²) in [5.41, 5.74) is -1.50. The number of nitrogens with zero attached hydrogens (tertiary/aromatic N) is 1. The van der Waals surface area contributed by atoms with Gasteiger partial charge in [-0.2, -0.15) is 0 Å². The number of carbonyl (C=O) groups excluding carboxylic acids is 3. The van der Waals surface area contributed by atoms with E-state index in [-0.39, 0.29) is 48.3 Å². The number of allylic oxidation sites excluding steroid dienone is 4. The Balaban J connectivity index is 1.53. The van der Waals surface area contributed by atoms with Gasteiger partial charge >= 0.3 is 5.97 Å². The average molecular weight is 516 g/mol. The molecular weight excluding hydrogens is 473 g/mol. The summed E-state index contributed by atoms with van der Waals surface area (Å²) in [5, 5.41) is 11.8. The van der Waals surface area contributed by atoms with Crippen LogP contribution >= 0.6 is 0 Å². The van der Waals surface area contributed by atoms with Crippen LogP contribution in [0.5, 0.6) is 0 Å². The van der Waals surface area contributed by atoms with E-state index in [4.69, 9.17) is 4.74 Å². The fraction of sp³-hybridized carbons (Fsp3) is 0.767. The third-order valence-electron chi connectivity index (χ3n) is 11.0. The number of Topliss-reactive ketones (excluding diaryl/α,β-unsaturated/α-hetero) is 1. The van der Waals surface area contributed by atoms with Crippen molar-refractivity contribution in [2.75, 3.05) is 26.2 Å². The van der Waals surface area contributed by atoms with Gasteiger partial charge in [-0.15, -0.1) is 0 Å². The Bertz CT molecular complexity index is 1050. The molecule has 6 nitrogen and oxygen atoms in total. The van der Waals surface area contributed by atoms with Gasteiger partial charge in [0.15, 0.2) is 18.2 Å². The predicted molar refractivity (Wildman–Crippen MR) is 137 cm³/mol. The molecule has 5 aliphatic rings. The molecule has 0 aromatic heterocycles. The first-order valence-electron chi connectivity index (χ1n) is 14.0. The van der Waals surface area contributed by atoms with Crippen molar-refractivity contribution in [1.82, 2.24) is 4.90 Å². The SMILES string of the molecule is CC(=O)OCC(=O)C12CN(CCC(C)C)CC1CC1C3CC(F)C4=CC(=O)C=CC4(C)C3C(O)CC12C. The number of fused-ring (bicyclic) bond motifs is 7. The number of aliphatic hydroxyl groups is 1. The van der Waals surface area contributed by atoms with E-state index in [1.165, 1.54) is 19.1 Å². The highest BCUT2D eigenvalue weighted by Gasteiger charge is 2.73. The summed E-state index contributed by atoms with van der Waals surface area (Å²) in [6.07, 6.45) is 5.34. The van der Waals surface area contributed by atoms with Gasteiger partial charge in [-0.05, 0) is 79.0 Å². The molecule has 3 saturated carbocycles. The fourth-order valence-corrected chi connectivity index (χ4v) is 9.41. The van der Waals surface area contributed by atoms with E-state index < -0.39 is 34.5 Å². The highest BCUT2D eigenvalue weighted by molar-refractivity contribution is 6.01. The first-order valence-corrected chi connectivity index (χ1v) is 14.0. The molecular formula is C30H42FNO5. The second-order valence-electron chi connectivity index (χ2n) is 13.3. The zero-order valence-electron chi connectivity index (χ0n) is 22.8. The van der Waals surface area contributed by atoms with Crippen molar-refractivity contribution in [1.29, 1.82) is 0 Å². The van der Waals surface area contributed by atoms with Crippen LogP contribution in [0, 0.1) is 45.8 Å². The Morgan fingerprint density at radius 1 is 1.27 bits per heavy atom. The standard InChI is InChI=1S/C30H42FNO5/c1-17(2)7-9-32-14-19-10-22-21-12-24(31)23-11-20(34)6-8-28(23,4)27(21)25(35)13-29(22,5)30(19,16-32)26(36)15-37-18(3)33/h6,8,11,17,19,21-22,24-25,27,35H,7,9-10,12-16H2,1-5H3. The summed E-state index contributed by atoms with van der Waals surface area (Å²) >= 11 is 0. The second-order valence-corrected chi connectivity index (χ2v) is 13.3. The van der Waals surface area contributed by atoms with Crippen molar-refractivity contribution < 1.29 is 28.6 Å². The number of halogens is 1. The third kappa shape index (κ3) is 3.90. The summed E-state index contributed by atoms with van der Waals surface area (Å²) < 4.78 is 21.0. The maximum atomic E-state index is 15.7. The van der Waals surface area contributed by atoms with Crippen molar-refractivity contribution in [3.63, 3.8) is 0 Å². The molecule has 0 aromatic carbocycles. The van der Waals surface area contributed by atoms with Crippen LogP contribution < -0.4 is 0 Å². The fourth-order valence-electron chi connectivity index (χ4n) is 9.41. The molecule has 37 heavy (non-hydrogen) atoms. The van der Waals surface area contributed by atoms with Crippen LogP contribution in [0.25, 0.3) is 0 Å². The van der Waals surface area contributed by atoms with Gasteiger partial charge in [-0.3, -0.25) is 14.4 Å². The average Bonchev–Trinajstić information content (AvgIpc) is 3.29. The first kappa shape index (κ1) is 26.7. The number of aliphatic hydroxyl groups excluding tert-OH is 1. The van der Waals surface area contributed by atoms with Crippen LogP contribution in [0.2, 0.25) is 0 Å². The molecule has 1 N–H and O–H groups in total. The molecule has 0 bridgehead atoms. The quantitative estimate of drug-likeness (QED) is 0.540. The van der Waals surface area contributed by atoms with Crippen LogP contribution in [0.4, 0.5) is 4.39 Å². The van der Waals surface area contributed by atoms with E-state index in [0.29, 0.717) is 24.5 Å². The molecule has 204 valence electrons. The second kappa shape index (κ2) is 9.11. The van der Waals surface area contributed by atoms with Crippen LogP contribution in [0.1, 0.15) is 60.3 Å². The van der Waals surface area contributed by atoms with Crippen molar-refractivity contribution in [3.8, 4) is 0 Å². The molecule has 7 heteroatoms. The van der Waals surface area contributed by atoms with Gasteiger partial charge in [0.25, 0.3) is 0 Å². The minimum Gasteiger partial charge on any atom is -0.458 e. The number of rotatable bonds is 6. The zero-order chi connectivity index (χ0) is 26.9. The summed E-state index contributed by atoms with van der Waals surface area (Å²) in [4.78, 5) is 40.1. The maximum Gasteiger partial charge on any atom is 0.303 e. The van der Waals surface area contributed by atoms with Crippen LogP contribution in [0.15, 0.2) is 23.8 Å². The van der Waals surface area contributed by atoms with Gasteiger partial charge < -0.3 is 14.7 Å². The summed E-state index contributed by atoms with van der Waals surface area (Å²) in [6, 6.07) is 0. The number of hydrogen-bond acceptors (Lipinski definition) is 6. The highest BCUT2D eigenvalue weighted by atomic mass is 19.1. The summed E-state index contributed by atoms with van der Waals surface area (Å²) in [6.45, 7) is 11.9.